The van der Waals surface area contributed by atoms with E-state index < -0.39 is 0 Å². The summed E-state index contributed by atoms with van der Waals surface area (Å²) >= 11 is 3.43. The van der Waals surface area contributed by atoms with Gasteiger partial charge in [0.15, 0.2) is 0 Å². The van der Waals surface area contributed by atoms with Crippen LogP contribution in [0.3, 0.4) is 0 Å². The molecule has 1 heterocycles. The zero-order chi connectivity index (χ0) is 15.4. The lowest BCUT2D eigenvalue weighted by Gasteiger charge is -2.04. The van der Waals surface area contributed by atoms with Crippen LogP contribution in [0, 0.1) is 13.8 Å². The summed E-state index contributed by atoms with van der Waals surface area (Å²) in [7, 11) is 0. The number of hydrogen-bond acceptors (Lipinski definition) is 3. The lowest BCUT2D eigenvalue weighted by Crippen LogP contribution is -1.82. The Hall–Kier alpha value is -1.71. The zero-order valence-corrected chi connectivity index (χ0v) is 14.2. The van der Waals surface area contributed by atoms with Crippen molar-refractivity contribution in [1.82, 2.24) is 4.98 Å². The van der Waals surface area contributed by atoms with E-state index in [1.807, 2.05) is 6.20 Å². The van der Waals surface area contributed by atoms with E-state index in [0.717, 1.165) is 9.92 Å². The highest BCUT2D eigenvalue weighted by atomic mass is 32.2. The highest BCUT2D eigenvalue weighted by Crippen LogP contribution is 2.30. The first-order chi connectivity index (χ1) is 10.7. The van der Waals surface area contributed by atoms with Crippen LogP contribution in [0.2, 0.25) is 0 Å². The quantitative estimate of drug-likeness (QED) is 0.584. The predicted molar refractivity (Wildman–Crippen MR) is 94.8 cm³/mol. The summed E-state index contributed by atoms with van der Waals surface area (Å²) in [6.07, 6.45) is 1.95. The number of hydrogen-bond donors (Lipinski definition) is 0. The van der Waals surface area contributed by atoms with Crippen LogP contribution in [-0.2, 0) is 0 Å². The van der Waals surface area contributed by atoms with Gasteiger partial charge in [0.05, 0.1) is 0 Å². The number of aromatic nitrogens is 1. The topological polar surface area (TPSA) is 12.9 Å². The summed E-state index contributed by atoms with van der Waals surface area (Å²) in [5, 5.41) is 1.03. The van der Waals surface area contributed by atoms with Gasteiger partial charge in [0.25, 0.3) is 0 Å². The standard InChI is InChI=1S/C19H17NS2/c1-14-3-7-16(8-4-14)21-18-11-12-19(20-13-18)22-17-9-5-15(2)6-10-17/h3-13H,1-2H3. The molecule has 0 fully saturated rings. The normalized spacial score (nSPS) is 10.6. The smallest absolute Gasteiger partial charge is 0.101 e. The highest BCUT2D eigenvalue weighted by molar-refractivity contribution is 7.99. The number of nitrogens with zero attached hydrogens (tertiary/aromatic N) is 1. The number of rotatable bonds is 4. The SMILES string of the molecule is Cc1ccc(Sc2ccc(Sc3ccc(C)cc3)nc2)cc1. The molecule has 0 saturated carbocycles. The Labute approximate surface area is 140 Å². The van der Waals surface area contributed by atoms with Gasteiger partial charge < -0.3 is 0 Å². The monoisotopic (exact) mass is 323 g/mol. The summed E-state index contributed by atoms with van der Waals surface area (Å²) < 4.78 is 0. The molecule has 3 heteroatoms. The fourth-order valence-electron chi connectivity index (χ4n) is 1.96. The average Bonchev–Trinajstić information content (AvgIpc) is 2.54. The molecule has 0 aliphatic carbocycles. The van der Waals surface area contributed by atoms with E-state index in [0.29, 0.717) is 0 Å². The predicted octanol–water partition coefficient (Wildman–Crippen LogP) is 6.00. The second-order valence-corrected chi connectivity index (χ2v) is 7.40. The number of benzene rings is 2. The van der Waals surface area contributed by atoms with Gasteiger partial charge in [-0.3, -0.25) is 0 Å². The molecular formula is C19H17NS2. The Morgan fingerprint density at radius 2 is 1.09 bits per heavy atom. The maximum atomic E-state index is 4.55. The Bertz CT molecular complexity index is 665. The minimum absolute atomic E-state index is 1.03. The molecule has 0 amide bonds. The first-order valence-electron chi connectivity index (χ1n) is 7.14. The molecule has 1 nitrogen and oxygen atoms in total. The van der Waals surface area contributed by atoms with Crippen molar-refractivity contribution in [2.45, 2.75) is 33.6 Å². The molecule has 0 unspecified atom stereocenters. The summed E-state index contributed by atoms with van der Waals surface area (Å²) in [5.74, 6) is 0. The van der Waals surface area contributed by atoms with Crippen molar-refractivity contribution in [2.75, 3.05) is 0 Å². The van der Waals surface area contributed by atoms with Crippen molar-refractivity contribution in [3.63, 3.8) is 0 Å². The molecule has 0 bridgehead atoms. The summed E-state index contributed by atoms with van der Waals surface area (Å²) in [4.78, 5) is 8.18. The van der Waals surface area contributed by atoms with Crippen LogP contribution >= 0.6 is 23.5 Å². The van der Waals surface area contributed by atoms with Crippen molar-refractivity contribution < 1.29 is 0 Å². The van der Waals surface area contributed by atoms with E-state index in [-0.39, 0.29) is 0 Å². The van der Waals surface area contributed by atoms with Gasteiger partial charge in [-0.15, -0.1) is 0 Å². The molecule has 0 saturated heterocycles. The third kappa shape index (κ3) is 4.15. The molecule has 0 N–H and O–H groups in total. The minimum Gasteiger partial charge on any atom is -0.248 e. The van der Waals surface area contributed by atoms with Gasteiger partial charge >= 0.3 is 0 Å². The van der Waals surface area contributed by atoms with Crippen LogP contribution in [0.25, 0.3) is 0 Å². The first kappa shape index (κ1) is 15.2. The zero-order valence-electron chi connectivity index (χ0n) is 12.6. The molecule has 0 radical (unpaired) electrons. The average molecular weight is 323 g/mol. The molecule has 3 rings (SSSR count). The van der Waals surface area contributed by atoms with Crippen LogP contribution in [0.15, 0.2) is 86.6 Å². The maximum Gasteiger partial charge on any atom is 0.101 e. The lowest BCUT2D eigenvalue weighted by molar-refractivity contribution is 1.08. The second-order valence-electron chi connectivity index (χ2n) is 5.16. The summed E-state index contributed by atoms with van der Waals surface area (Å²) in [6.45, 7) is 4.21. The van der Waals surface area contributed by atoms with E-state index in [1.165, 1.54) is 20.9 Å². The lowest BCUT2D eigenvalue weighted by atomic mass is 10.2. The van der Waals surface area contributed by atoms with Crippen LogP contribution < -0.4 is 0 Å². The molecule has 22 heavy (non-hydrogen) atoms. The van der Waals surface area contributed by atoms with Crippen molar-refractivity contribution in [2.24, 2.45) is 0 Å². The largest absolute Gasteiger partial charge is 0.248 e. The first-order valence-corrected chi connectivity index (χ1v) is 8.77. The molecule has 2 aromatic carbocycles. The molecule has 0 spiro atoms. The van der Waals surface area contributed by atoms with Gasteiger partial charge in [0, 0.05) is 20.9 Å². The van der Waals surface area contributed by atoms with Gasteiger partial charge in [-0.2, -0.15) is 0 Å². The highest BCUT2D eigenvalue weighted by Gasteiger charge is 2.01. The van der Waals surface area contributed by atoms with Crippen molar-refractivity contribution >= 4 is 23.5 Å². The second kappa shape index (κ2) is 7.03. The van der Waals surface area contributed by atoms with Gasteiger partial charge in [-0.1, -0.05) is 58.9 Å². The molecule has 3 aromatic rings. The van der Waals surface area contributed by atoms with Crippen molar-refractivity contribution in [3.8, 4) is 0 Å². The summed E-state index contributed by atoms with van der Waals surface area (Å²) in [6, 6.07) is 21.3. The minimum atomic E-state index is 1.03. The molecular weight excluding hydrogens is 306 g/mol. The van der Waals surface area contributed by atoms with Gasteiger partial charge in [0.1, 0.15) is 5.03 Å². The number of aryl methyl sites for hydroxylation is 2. The Morgan fingerprint density at radius 3 is 1.59 bits per heavy atom. The van der Waals surface area contributed by atoms with E-state index in [9.17, 15) is 0 Å². The third-order valence-corrected chi connectivity index (χ3v) is 5.15. The van der Waals surface area contributed by atoms with E-state index in [1.54, 1.807) is 23.5 Å². The third-order valence-electron chi connectivity index (χ3n) is 3.21. The van der Waals surface area contributed by atoms with Gasteiger partial charge in [0.2, 0.25) is 0 Å². The van der Waals surface area contributed by atoms with E-state index in [4.69, 9.17) is 0 Å². The Morgan fingerprint density at radius 1 is 0.591 bits per heavy atom. The van der Waals surface area contributed by atoms with Gasteiger partial charge in [-0.25, -0.2) is 4.98 Å². The van der Waals surface area contributed by atoms with Crippen molar-refractivity contribution in [3.05, 3.63) is 78.0 Å². The Balaban J connectivity index is 1.67. The number of pyridine rings is 1. The molecule has 0 atom stereocenters. The van der Waals surface area contributed by atoms with Crippen LogP contribution in [0.4, 0.5) is 0 Å². The van der Waals surface area contributed by atoms with E-state index in [2.05, 4.69) is 79.5 Å². The Kier molecular flexibility index (Phi) is 4.86. The van der Waals surface area contributed by atoms with Gasteiger partial charge in [-0.05, 0) is 50.2 Å². The molecule has 0 aliphatic rings. The summed E-state index contributed by atoms with van der Waals surface area (Å²) in [5.41, 5.74) is 2.56. The van der Waals surface area contributed by atoms with E-state index >= 15 is 0 Å². The fraction of sp³-hybridized carbons (Fsp3) is 0.105. The molecule has 110 valence electrons. The molecule has 1 aromatic heterocycles. The maximum absolute atomic E-state index is 4.55. The molecule has 0 aliphatic heterocycles. The van der Waals surface area contributed by atoms with Crippen LogP contribution in [0.5, 0.6) is 0 Å². The van der Waals surface area contributed by atoms with Crippen LogP contribution in [-0.4, -0.2) is 4.98 Å². The van der Waals surface area contributed by atoms with Crippen molar-refractivity contribution in [1.29, 1.82) is 0 Å². The fourth-order valence-corrected chi connectivity index (χ4v) is 3.50. The van der Waals surface area contributed by atoms with Crippen LogP contribution in [0.1, 0.15) is 11.1 Å².